The van der Waals surface area contributed by atoms with Gasteiger partial charge < -0.3 is 25.7 Å². The first kappa shape index (κ1) is 21.2. The molecule has 0 bridgehead atoms. The number of carbonyl (C=O) groups excluding carboxylic acids is 1. The Hall–Kier alpha value is -2.49. The van der Waals surface area contributed by atoms with Gasteiger partial charge in [-0.15, -0.1) is 0 Å². The quantitative estimate of drug-likeness (QED) is 0.587. The first-order valence-corrected chi connectivity index (χ1v) is 9.58. The maximum absolute atomic E-state index is 13.4. The second-order valence-electron chi connectivity index (χ2n) is 7.15. The molecule has 2 aromatic rings. The van der Waals surface area contributed by atoms with Crippen LogP contribution in [-0.2, 0) is 6.54 Å². The van der Waals surface area contributed by atoms with Gasteiger partial charge in [-0.3, -0.25) is 0 Å². The molecule has 0 aliphatic carbocycles. The number of amides is 2. The monoisotopic (exact) mass is 423 g/mol. The summed E-state index contributed by atoms with van der Waals surface area (Å²) in [5, 5.41) is 25.7. The van der Waals surface area contributed by atoms with Crippen molar-refractivity contribution in [2.75, 3.05) is 18.5 Å². The van der Waals surface area contributed by atoms with Crippen molar-refractivity contribution in [3.63, 3.8) is 0 Å². The summed E-state index contributed by atoms with van der Waals surface area (Å²) in [7, 11) is 0. The van der Waals surface area contributed by atoms with E-state index in [-0.39, 0.29) is 24.2 Å². The van der Waals surface area contributed by atoms with E-state index in [1.54, 1.807) is 6.20 Å². The summed E-state index contributed by atoms with van der Waals surface area (Å²) in [6.45, 7) is 3.74. The molecule has 0 fully saturated rings. The zero-order valence-corrected chi connectivity index (χ0v) is 16.8. The number of rotatable bonds is 5. The molecular formula is C19H23ClFN5O3. The third-order valence-electron chi connectivity index (χ3n) is 4.52. The third kappa shape index (κ3) is 4.92. The Balaban J connectivity index is 1.75. The first-order valence-electron chi connectivity index (χ1n) is 9.20. The minimum absolute atomic E-state index is 0.0570. The lowest BCUT2D eigenvalue weighted by atomic mass is 10.0. The van der Waals surface area contributed by atoms with Crippen molar-refractivity contribution in [3.05, 3.63) is 52.1 Å². The van der Waals surface area contributed by atoms with Crippen LogP contribution in [0, 0.1) is 5.82 Å². The molecular weight excluding hydrogens is 401 g/mol. The number of nitrogens with one attached hydrogen (secondary N) is 2. The van der Waals surface area contributed by atoms with Crippen LogP contribution < -0.4 is 10.6 Å². The van der Waals surface area contributed by atoms with Gasteiger partial charge in [0.1, 0.15) is 5.82 Å². The number of fused-ring (bicyclic) bond motifs is 1. The molecule has 3 rings (SSSR count). The standard InChI is InChI=1S/C19H23ClFN5O3/c1-10(2)23-18-22-6-12-15(24-18)7-26(8-17(12)28)19(29)25-16(9-27)11-3-4-14(21)13(20)5-11/h3-6,10,16-17,27-28H,7-9H2,1-2H3,(H,25,29)(H,22,23,24). The van der Waals surface area contributed by atoms with Gasteiger partial charge in [0.25, 0.3) is 0 Å². The highest BCUT2D eigenvalue weighted by molar-refractivity contribution is 6.30. The van der Waals surface area contributed by atoms with Crippen molar-refractivity contribution in [1.29, 1.82) is 0 Å². The van der Waals surface area contributed by atoms with Gasteiger partial charge in [-0.25, -0.2) is 19.2 Å². The average molecular weight is 424 g/mol. The van der Waals surface area contributed by atoms with Crippen LogP contribution in [0.4, 0.5) is 15.1 Å². The number of aliphatic hydroxyl groups is 2. The second-order valence-corrected chi connectivity index (χ2v) is 7.56. The van der Waals surface area contributed by atoms with Crippen molar-refractivity contribution < 1.29 is 19.4 Å². The number of aliphatic hydroxyl groups excluding tert-OH is 2. The Morgan fingerprint density at radius 2 is 2.21 bits per heavy atom. The fourth-order valence-corrected chi connectivity index (χ4v) is 3.26. The minimum atomic E-state index is -0.926. The summed E-state index contributed by atoms with van der Waals surface area (Å²) in [5.74, 6) is -0.165. The van der Waals surface area contributed by atoms with Crippen LogP contribution in [0.25, 0.3) is 0 Å². The molecule has 2 unspecified atom stereocenters. The lowest BCUT2D eigenvalue weighted by Crippen LogP contribution is -2.46. The lowest BCUT2D eigenvalue weighted by molar-refractivity contribution is 0.0996. The van der Waals surface area contributed by atoms with Crippen molar-refractivity contribution in [2.24, 2.45) is 0 Å². The van der Waals surface area contributed by atoms with Crippen LogP contribution in [0.15, 0.2) is 24.4 Å². The molecule has 0 spiro atoms. The Morgan fingerprint density at radius 1 is 1.45 bits per heavy atom. The largest absolute Gasteiger partial charge is 0.394 e. The topological polar surface area (TPSA) is 111 Å². The number of hydrogen-bond acceptors (Lipinski definition) is 6. The SMILES string of the molecule is CC(C)Nc1ncc2c(n1)CN(C(=O)NC(CO)c1ccc(F)c(Cl)c1)CC2O. The Bertz CT molecular complexity index is 898. The van der Waals surface area contributed by atoms with Crippen molar-refractivity contribution in [2.45, 2.75) is 38.6 Å². The number of anilines is 1. The molecule has 1 aliphatic heterocycles. The summed E-state index contributed by atoms with van der Waals surface area (Å²) in [4.78, 5) is 22.7. The third-order valence-corrected chi connectivity index (χ3v) is 4.81. The van der Waals surface area contributed by atoms with Gasteiger partial charge in [-0.1, -0.05) is 17.7 Å². The van der Waals surface area contributed by atoms with Crippen LogP contribution in [0.3, 0.4) is 0 Å². The van der Waals surface area contributed by atoms with Gasteiger partial charge in [0.2, 0.25) is 5.95 Å². The van der Waals surface area contributed by atoms with Crippen molar-refractivity contribution >= 4 is 23.6 Å². The molecule has 8 nitrogen and oxygen atoms in total. The van der Waals surface area contributed by atoms with Crippen molar-refractivity contribution in [1.82, 2.24) is 20.2 Å². The second kappa shape index (κ2) is 8.89. The summed E-state index contributed by atoms with van der Waals surface area (Å²) < 4.78 is 13.4. The normalized spacial score (nSPS) is 17.1. The lowest BCUT2D eigenvalue weighted by Gasteiger charge is -2.32. The molecule has 1 aliphatic rings. The highest BCUT2D eigenvalue weighted by atomic mass is 35.5. The molecule has 29 heavy (non-hydrogen) atoms. The number of nitrogens with zero attached hydrogens (tertiary/aromatic N) is 3. The summed E-state index contributed by atoms with van der Waals surface area (Å²) in [6.07, 6.45) is 0.634. The van der Waals surface area contributed by atoms with Gasteiger partial charge in [0.05, 0.1) is 42.6 Å². The van der Waals surface area contributed by atoms with Gasteiger partial charge in [0, 0.05) is 17.8 Å². The molecule has 0 radical (unpaired) electrons. The highest BCUT2D eigenvalue weighted by Crippen LogP contribution is 2.26. The van der Waals surface area contributed by atoms with Crippen LogP contribution in [-0.4, -0.2) is 50.3 Å². The molecule has 1 aromatic heterocycles. The van der Waals surface area contributed by atoms with Gasteiger partial charge in [-0.05, 0) is 31.5 Å². The van der Waals surface area contributed by atoms with E-state index in [4.69, 9.17) is 11.6 Å². The zero-order valence-electron chi connectivity index (χ0n) is 16.1. The van der Waals surface area contributed by atoms with Crippen LogP contribution in [0.2, 0.25) is 5.02 Å². The van der Waals surface area contributed by atoms with Crippen molar-refractivity contribution in [3.8, 4) is 0 Å². The summed E-state index contributed by atoms with van der Waals surface area (Å²) in [5.41, 5.74) is 1.59. The minimum Gasteiger partial charge on any atom is -0.394 e. The predicted octanol–water partition coefficient (Wildman–Crippen LogP) is 2.38. The molecule has 2 heterocycles. The van der Waals surface area contributed by atoms with Gasteiger partial charge in [-0.2, -0.15) is 0 Å². The maximum Gasteiger partial charge on any atom is 0.318 e. The number of β-amino-alcohol motifs (C(OH)–C–C–N with tert-alkyl or cyclic N) is 1. The molecule has 4 N–H and O–H groups in total. The summed E-state index contributed by atoms with van der Waals surface area (Å²) in [6, 6.07) is 2.84. The molecule has 2 atom stereocenters. The van der Waals surface area contributed by atoms with Crippen LogP contribution >= 0.6 is 11.6 Å². The molecule has 1 aromatic carbocycles. The first-order chi connectivity index (χ1) is 13.8. The van der Waals surface area contributed by atoms with Crippen LogP contribution in [0.5, 0.6) is 0 Å². The van der Waals surface area contributed by atoms with E-state index in [9.17, 15) is 19.4 Å². The highest BCUT2D eigenvalue weighted by Gasteiger charge is 2.30. The molecule has 0 saturated heterocycles. The van der Waals surface area contributed by atoms with Gasteiger partial charge >= 0.3 is 6.03 Å². The molecule has 156 valence electrons. The average Bonchev–Trinajstić information content (AvgIpc) is 2.67. The number of hydrogen-bond donors (Lipinski definition) is 4. The van der Waals surface area contributed by atoms with E-state index in [0.717, 1.165) is 0 Å². The van der Waals surface area contributed by atoms with Gasteiger partial charge in [0.15, 0.2) is 0 Å². The number of aromatic nitrogens is 2. The Kier molecular flexibility index (Phi) is 6.51. The zero-order chi connectivity index (χ0) is 21.1. The molecule has 10 heteroatoms. The summed E-state index contributed by atoms with van der Waals surface area (Å²) >= 11 is 5.79. The van der Waals surface area contributed by atoms with E-state index >= 15 is 0 Å². The van der Waals surface area contributed by atoms with E-state index in [2.05, 4.69) is 20.6 Å². The number of urea groups is 1. The smallest absolute Gasteiger partial charge is 0.318 e. The van der Waals surface area contributed by atoms with Crippen LogP contribution in [0.1, 0.15) is 42.8 Å². The van der Waals surface area contributed by atoms with E-state index in [1.165, 1.54) is 23.1 Å². The van der Waals surface area contributed by atoms with E-state index in [1.807, 2.05) is 13.8 Å². The molecule has 2 amide bonds. The molecule has 0 saturated carbocycles. The van der Waals surface area contributed by atoms with E-state index < -0.39 is 30.6 Å². The number of halogens is 2. The predicted molar refractivity (Wildman–Crippen MR) is 106 cm³/mol. The Labute approximate surface area is 172 Å². The fraction of sp³-hybridized carbons (Fsp3) is 0.421. The number of benzene rings is 1. The number of carbonyl (C=O) groups is 1. The maximum atomic E-state index is 13.4. The van der Waals surface area contributed by atoms with E-state index in [0.29, 0.717) is 22.8 Å². The fourth-order valence-electron chi connectivity index (χ4n) is 3.07. The Morgan fingerprint density at radius 3 is 2.86 bits per heavy atom.